The second-order valence-corrected chi connectivity index (χ2v) is 25.7. The molecular formula is C55H70BN3S. The molecule has 5 aromatic rings. The van der Waals surface area contributed by atoms with Crippen LogP contribution >= 0.6 is 11.3 Å². The summed E-state index contributed by atoms with van der Waals surface area (Å²) in [5.74, 6) is 0. The zero-order valence-corrected chi connectivity index (χ0v) is 40.8. The fraction of sp³-hybridized carbons (Fsp3) is 0.509. The summed E-state index contributed by atoms with van der Waals surface area (Å²) in [4.78, 5) is 11.1. The van der Waals surface area contributed by atoms with E-state index < -0.39 is 0 Å². The number of hydrogen-bond acceptors (Lipinski definition) is 4. The molecule has 0 fully saturated rings. The first-order valence-corrected chi connectivity index (χ1v) is 23.7. The van der Waals surface area contributed by atoms with Crippen molar-refractivity contribution in [2.24, 2.45) is 0 Å². The zero-order chi connectivity index (χ0) is 43.5. The Balaban J connectivity index is 1.42. The summed E-state index contributed by atoms with van der Waals surface area (Å²) in [6, 6.07) is 27.3. The van der Waals surface area contributed by atoms with Crippen molar-refractivity contribution in [3.63, 3.8) is 0 Å². The maximum absolute atomic E-state index is 5.78. The molecule has 0 saturated heterocycles. The summed E-state index contributed by atoms with van der Waals surface area (Å²) in [7, 11) is 0. The van der Waals surface area contributed by atoms with Crippen molar-refractivity contribution >= 4 is 68.0 Å². The van der Waals surface area contributed by atoms with Gasteiger partial charge >= 0.3 is 0 Å². The van der Waals surface area contributed by atoms with Gasteiger partial charge in [-0.15, -0.1) is 11.3 Å². The summed E-state index contributed by atoms with van der Waals surface area (Å²) in [6.45, 7) is 40.8. The Morgan fingerprint density at radius 3 is 1.52 bits per heavy atom. The highest BCUT2D eigenvalue weighted by atomic mass is 32.1. The Bertz CT molecular complexity index is 2560. The maximum atomic E-state index is 5.78. The molecule has 0 radical (unpaired) electrons. The van der Waals surface area contributed by atoms with Gasteiger partial charge in [0.05, 0.1) is 10.6 Å². The lowest BCUT2D eigenvalue weighted by molar-refractivity contribution is 0.332. The standard InChI is InChI=1S/C55H70BN3S/c1-49(2,3)33-18-20-35(21-19-33)59-44-29-34(50(4,5)6)28-43-45(44)56(46-47(59)60-48(57-46)51(7,8)9)41-31-39-40(55(16,17)27-26-54(39,14)15)32-42(41)58(43)36-22-23-37-38(30-36)53(12,13)25-24-52(37,10)11/h18-23,28-32H,24-27H2,1-17H3. The van der Waals surface area contributed by atoms with Gasteiger partial charge in [0.1, 0.15) is 5.00 Å². The third kappa shape index (κ3) is 6.36. The van der Waals surface area contributed by atoms with E-state index in [0.717, 1.165) is 0 Å². The number of benzene rings is 4. The molecule has 5 heteroatoms. The van der Waals surface area contributed by atoms with Gasteiger partial charge in [0.2, 0.25) is 0 Å². The van der Waals surface area contributed by atoms with E-state index in [1.807, 2.05) is 11.3 Å². The van der Waals surface area contributed by atoms with Crippen molar-refractivity contribution in [2.75, 3.05) is 9.80 Å². The quantitative estimate of drug-likeness (QED) is 0.162. The Morgan fingerprint density at radius 1 is 0.500 bits per heavy atom. The summed E-state index contributed by atoms with van der Waals surface area (Å²) in [5, 5.41) is 2.45. The van der Waals surface area contributed by atoms with E-state index in [2.05, 4.69) is 194 Å². The van der Waals surface area contributed by atoms with Crippen LogP contribution in [0.5, 0.6) is 0 Å². The smallest absolute Gasteiger partial charge is 0.276 e. The third-order valence-electron chi connectivity index (χ3n) is 15.2. The van der Waals surface area contributed by atoms with E-state index >= 15 is 0 Å². The van der Waals surface area contributed by atoms with Crippen LogP contribution in [-0.2, 0) is 37.9 Å². The zero-order valence-electron chi connectivity index (χ0n) is 40.0. The average Bonchev–Trinajstić information content (AvgIpc) is 3.60. The molecule has 0 amide bonds. The lowest BCUT2D eigenvalue weighted by atomic mass is 9.35. The summed E-state index contributed by atoms with van der Waals surface area (Å²) in [6.07, 6.45) is 4.76. The molecule has 2 aliphatic heterocycles. The predicted octanol–water partition coefficient (Wildman–Crippen LogP) is 13.8. The van der Waals surface area contributed by atoms with E-state index in [1.54, 1.807) is 0 Å². The number of rotatable bonds is 2. The molecule has 314 valence electrons. The Morgan fingerprint density at radius 2 is 0.983 bits per heavy atom. The van der Waals surface area contributed by atoms with Crippen LogP contribution in [0.4, 0.5) is 33.4 Å². The molecule has 3 nitrogen and oxygen atoms in total. The molecule has 1 aromatic heterocycles. The minimum absolute atomic E-state index is 0.00172. The normalized spacial score (nSPS) is 19.6. The van der Waals surface area contributed by atoms with Crippen molar-refractivity contribution < 1.29 is 0 Å². The highest BCUT2D eigenvalue weighted by Gasteiger charge is 2.49. The Labute approximate surface area is 367 Å². The summed E-state index contributed by atoms with van der Waals surface area (Å²) < 4.78 is 0. The van der Waals surface area contributed by atoms with E-state index in [0.29, 0.717) is 0 Å². The Hall–Kier alpha value is -3.83. The van der Waals surface area contributed by atoms with Gasteiger partial charge in [-0.05, 0) is 145 Å². The minimum atomic E-state index is -0.0928. The van der Waals surface area contributed by atoms with E-state index in [1.165, 1.54) is 114 Å². The van der Waals surface area contributed by atoms with Gasteiger partial charge in [0, 0.05) is 33.9 Å². The molecular weight excluding hydrogens is 746 g/mol. The minimum Gasteiger partial charge on any atom is -0.311 e. The number of hydrogen-bond donors (Lipinski definition) is 0. The van der Waals surface area contributed by atoms with Gasteiger partial charge in [-0.25, -0.2) is 0 Å². The van der Waals surface area contributed by atoms with Crippen molar-refractivity contribution in [1.29, 1.82) is 0 Å². The third-order valence-corrected chi connectivity index (χ3v) is 16.6. The first-order valence-electron chi connectivity index (χ1n) is 22.8. The average molecular weight is 816 g/mol. The van der Waals surface area contributed by atoms with Gasteiger partial charge in [0.15, 0.2) is 0 Å². The van der Waals surface area contributed by atoms with Crippen LogP contribution < -0.4 is 26.3 Å². The largest absolute Gasteiger partial charge is 0.311 e. The fourth-order valence-electron chi connectivity index (χ4n) is 10.8. The molecule has 3 heterocycles. The number of fused-ring (bicyclic) bond motifs is 6. The van der Waals surface area contributed by atoms with Gasteiger partial charge in [-0.1, -0.05) is 142 Å². The predicted molar refractivity (Wildman–Crippen MR) is 263 cm³/mol. The van der Waals surface area contributed by atoms with Crippen LogP contribution in [0.3, 0.4) is 0 Å². The summed E-state index contributed by atoms with van der Waals surface area (Å²) >= 11 is 1.90. The molecule has 0 saturated carbocycles. The highest BCUT2D eigenvalue weighted by Crippen LogP contribution is 2.53. The van der Waals surface area contributed by atoms with Crippen LogP contribution in [0.25, 0.3) is 0 Å². The van der Waals surface area contributed by atoms with Crippen LogP contribution in [0.15, 0.2) is 66.7 Å². The molecule has 0 N–H and O–H groups in total. The van der Waals surface area contributed by atoms with Gasteiger partial charge in [-0.3, -0.25) is 4.98 Å². The maximum Gasteiger partial charge on any atom is 0.276 e. The molecule has 9 rings (SSSR count). The molecule has 0 spiro atoms. The molecule has 0 atom stereocenters. The van der Waals surface area contributed by atoms with Crippen molar-refractivity contribution in [3.8, 4) is 0 Å². The first-order chi connectivity index (χ1) is 27.6. The van der Waals surface area contributed by atoms with Gasteiger partial charge in [0.25, 0.3) is 6.71 Å². The molecule has 4 aliphatic rings. The van der Waals surface area contributed by atoms with Crippen molar-refractivity contribution in [3.05, 3.63) is 105 Å². The number of aromatic nitrogens is 1. The fourth-order valence-corrected chi connectivity index (χ4v) is 12.0. The molecule has 4 aromatic carbocycles. The van der Waals surface area contributed by atoms with Crippen LogP contribution in [-0.4, -0.2) is 11.7 Å². The van der Waals surface area contributed by atoms with Gasteiger partial charge in [-0.2, -0.15) is 0 Å². The van der Waals surface area contributed by atoms with Crippen LogP contribution in [0, 0.1) is 0 Å². The van der Waals surface area contributed by atoms with Crippen LogP contribution in [0.2, 0.25) is 0 Å². The van der Waals surface area contributed by atoms with E-state index in [9.17, 15) is 0 Å². The lowest BCUT2D eigenvalue weighted by Gasteiger charge is -2.47. The number of nitrogens with zero attached hydrogens (tertiary/aromatic N) is 3. The molecule has 2 aliphatic carbocycles. The second-order valence-electron chi connectivity index (χ2n) is 24.8. The summed E-state index contributed by atoms with van der Waals surface area (Å²) in [5.41, 5.74) is 19.3. The van der Waals surface area contributed by atoms with Crippen molar-refractivity contribution in [2.45, 2.75) is 181 Å². The SMILES string of the molecule is CC(C)(C)c1ccc(N2c3cc(C(C)(C)C)cc4c3B(c3cc5c(cc3N4c3ccc4c(c3)C(C)(C)CCC4(C)C)C(C)(C)CCC5(C)C)c3nc(C(C)(C)C)sc32)cc1. The second kappa shape index (κ2) is 12.9. The number of thiazole rings is 1. The topological polar surface area (TPSA) is 19.4 Å². The number of anilines is 6. The van der Waals surface area contributed by atoms with Crippen molar-refractivity contribution in [1.82, 2.24) is 4.98 Å². The van der Waals surface area contributed by atoms with E-state index in [-0.39, 0.29) is 44.6 Å². The molecule has 0 unspecified atom stereocenters. The highest BCUT2D eigenvalue weighted by molar-refractivity contribution is 7.19. The molecule has 60 heavy (non-hydrogen) atoms. The lowest BCUT2D eigenvalue weighted by Crippen LogP contribution is -2.62. The first kappa shape index (κ1) is 41.5. The van der Waals surface area contributed by atoms with Crippen LogP contribution in [0.1, 0.15) is 182 Å². The molecule has 0 bridgehead atoms. The Kier molecular flexibility index (Phi) is 8.91. The van der Waals surface area contributed by atoms with E-state index in [4.69, 9.17) is 4.98 Å². The van der Waals surface area contributed by atoms with Gasteiger partial charge < -0.3 is 9.80 Å². The monoisotopic (exact) mass is 816 g/mol.